The summed E-state index contributed by atoms with van der Waals surface area (Å²) in [7, 11) is 0. The molecule has 27 heavy (non-hydrogen) atoms. The second-order valence-electron chi connectivity index (χ2n) is 5.87. The summed E-state index contributed by atoms with van der Waals surface area (Å²) in [6, 6.07) is 19.9. The molecule has 0 bridgehead atoms. The standard InChI is InChI=1S/C21H16ClFN2O2/c22-18-13-17(9-10-19(18)23)25-21(27)15-7-4-8-16(12-15)24-20(26)11-14-5-2-1-3-6-14/h1-10,12-13H,11H2,(H,24,26)(H,25,27). The zero-order chi connectivity index (χ0) is 19.2. The molecule has 3 aromatic carbocycles. The molecule has 0 heterocycles. The summed E-state index contributed by atoms with van der Waals surface area (Å²) in [5.41, 5.74) is 2.15. The topological polar surface area (TPSA) is 58.2 Å². The summed E-state index contributed by atoms with van der Waals surface area (Å²) < 4.78 is 13.2. The SMILES string of the molecule is O=C(Cc1ccccc1)Nc1cccc(C(=O)Nc2ccc(F)c(Cl)c2)c1. The first-order chi connectivity index (χ1) is 13.0. The molecule has 3 rings (SSSR count). The minimum atomic E-state index is -0.558. The van der Waals surface area contributed by atoms with E-state index in [4.69, 9.17) is 11.6 Å². The van der Waals surface area contributed by atoms with Crippen molar-refractivity contribution in [3.05, 3.63) is 94.8 Å². The van der Waals surface area contributed by atoms with Crippen LogP contribution in [-0.4, -0.2) is 11.8 Å². The van der Waals surface area contributed by atoms with Crippen molar-refractivity contribution in [2.75, 3.05) is 10.6 Å². The lowest BCUT2D eigenvalue weighted by Crippen LogP contribution is -2.16. The zero-order valence-corrected chi connectivity index (χ0v) is 15.0. The zero-order valence-electron chi connectivity index (χ0n) is 14.2. The molecule has 2 amide bonds. The van der Waals surface area contributed by atoms with Gasteiger partial charge >= 0.3 is 0 Å². The number of amides is 2. The molecule has 3 aromatic rings. The summed E-state index contributed by atoms with van der Waals surface area (Å²) in [5.74, 6) is -1.13. The van der Waals surface area contributed by atoms with E-state index in [1.165, 1.54) is 18.2 Å². The Morgan fingerprint density at radius 3 is 2.33 bits per heavy atom. The number of halogens is 2. The van der Waals surface area contributed by atoms with Gasteiger partial charge in [-0.3, -0.25) is 9.59 Å². The summed E-state index contributed by atoms with van der Waals surface area (Å²) in [4.78, 5) is 24.5. The average Bonchev–Trinajstić information content (AvgIpc) is 2.65. The monoisotopic (exact) mass is 382 g/mol. The van der Waals surface area contributed by atoms with Gasteiger partial charge in [0.15, 0.2) is 0 Å². The van der Waals surface area contributed by atoms with Gasteiger partial charge in [-0.05, 0) is 42.0 Å². The van der Waals surface area contributed by atoms with E-state index in [0.29, 0.717) is 16.9 Å². The van der Waals surface area contributed by atoms with Gasteiger partial charge in [-0.1, -0.05) is 48.0 Å². The van der Waals surface area contributed by atoms with Gasteiger partial charge in [0.05, 0.1) is 11.4 Å². The van der Waals surface area contributed by atoms with Crippen LogP contribution in [0.5, 0.6) is 0 Å². The van der Waals surface area contributed by atoms with Crippen LogP contribution in [0, 0.1) is 5.82 Å². The smallest absolute Gasteiger partial charge is 0.255 e. The summed E-state index contributed by atoms with van der Waals surface area (Å²) in [6.45, 7) is 0. The van der Waals surface area contributed by atoms with Crippen molar-refractivity contribution in [1.29, 1.82) is 0 Å². The molecule has 0 saturated carbocycles. The van der Waals surface area contributed by atoms with Crippen molar-refractivity contribution < 1.29 is 14.0 Å². The number of carbonyl (C=O) groups excluding carboxylic acids is 2. The first-order valence-electron chi connectivity index (χ1n) is 8.21. The number of nitrogens with one attached hydrogen (secondary N) is 2. The number of hydrogen-bond donors (Lipinski definition) is 2. The largest absolute Gasteiger partial charge is 0.326 e. The predicted molar refractivity (Wildman–Crippen MR) is 105 cm³/mol. The summed E-state index contributed by atoms with van der Waals surface area (Å²) >= 11 is 5.72. The van der Waals surface area contributed by atoms with Gasteiger partial charge in [0.2, 0.25) is 5.91 Å². The normalized spacial score (nSPS) is 10.3. The van der Waals surface area contributed by atoms with Crippen LogP contribution in [-0.2, 0) is 11.2 Å². The molecule has 0 aliphatic rings. The Balaban J connectivity index is 1.66. The van der Waals surface area contributed by atoms with Gasteiger partial charge in [0.1, 0.15) is 5.82 Å². The predicted octanol–water partition coefficient (Wildman–Crippen LogP) is 4.91. The second kappa shape index (κ2) is 8.47. The van der Waals surface area contributed by atoms with Crippen LogP contribution in [0.25, 0.3) is 0 Å². The lowest BCUT2D eigenvalue weighted by atomic mass is 10.1. The number of rotatable bonds is 5. The molecule has 6 heteroatoms. The third kappa shape index (κ3) is 5.15. The van der Waals surface area contributed by atoms with Gasteiger partial charge in [-0.2, -0.15) is 0 Å². The molecule has 0 unspecified atom stereocenters. The maximum absolute atomic E-state index is 13.2. The Morgan fingerprint density at radius 1 is 0.852 bits per heavy atom. The maximum Gasteiger partial charge on any atom is 0.255 e. The van der Waals surface area contributed by atoms with Crippen molar-refractivity contribution in [2.24, 2.45) is 0 Å². The van der Waals surface area contributed by atoms with Crippen LogP contribution < -0.4 is 10.6 Å². The molecule has 0 atom stereocenters. The number of carbonyl (C=O) groups is 2. The molecule has 0 spiro atoms. The molecule has 0 aliphatic heterocycles. The highest BCUT2D eigenvalue weighted by atomic mass is 35.5. The minimum Gasteiger partial charge on any atom is -0.326 e. The lowest BCUT2D eigenvalue weighted by Gasteiger charge is -2.09. The molecule has 0 saturated heterocycles. The van der Waals surface area contributed by atoms with Gasteiger partial charge in [0.25, 0.3) is 5.91 Å². The van der Waals surface area contributed by atoms with Gasteiger partial charge in [-0.15, -0.1) is 0 Å². The average molecular weight is 383 g/mol. The summed E-state index contributed by atoms with van der Waals surface area (Å²) in [5, 5.41) is 5.35. The Bertz CT molecular complexity index is 977. The molecule has 4 nitrogen and oxygen atoms in total. The van der Waals surface area contributed by atoms with Crippen LogP contribution in [0.1, 0.15) is 15.9 Å². The minimum absolute atomic E-state index is 0.0743. The molecule has 2 N–H and O–H groups in total. The molecule has 136 valence electrons. The van der Waals surface area contributed by atoms with E-state index < -0.39 is 11.7 Å². The van der Waals surface area contributed by atoms with Crippen LogP contribution in [0.3, 0.4) is 0 Å². The Hall–Kier alpha value is -3.18. The second-order valence-corrected chi connectivity index (χ2v) is 6.28. The fourth-order valence-corrected chi connectivity index (χ4v) is 2.68. The van der Waals surface area contributed by atoms with Gasteiger partial charge < -0.3 is 10.6 Å². The Kier molecular flexibility index (Phi) is 5.84. The fourth-order valence-electron chi connectivity index (χ4n) is 2.50. The molecular weight excluding hydrogens is 367 g/mol. The fraction of sp³-hybridized carbons (Fsp3) is 0.0476. The molecular formula is C21H16ClFN2O2. The highest BCUT2D eigenvalue weighted by Gasteiger charge is 2.10. The van der Waals surface area contributed by atoms with E-state index in [-0.39, 0.29) is 17.4 Å². The first-order valence-corrected chi connectivity index (χ1v) is 8.59. The number of hydrogen-bond acceptors (Lipinski definition) is 2. The third-order valence-electron chi connectivity index (χ3n) is 3.79. The number of benzene rings is 3. The maximum atomic E-state index is 13.2. The quantitative estimate of drug-likeness (QED) is 0.658. The molecule has 0 aromatic heterocycles. The third-order valence-corrected chi connectivity index (χ3v) is 4.08. The molecule has 0 radical (unpaired) electrons. The van der Waals surface area contributed by atoms with Crippen LogP contribution in [0.2, 0.25) is 5.02 Å². The molecule has 0 fully saturated rings. The van der Waals surface area contributed by atoms with E-state index in [0.717, 1.165) is 5.56 Å². The highest BCUT2D eigenvalue weighted by molar-refractivity contribution is 6.31. The lowest BCUT2D eigenvalue weighted by molar-refractivity contribution is -0.115. The van der Waals surface area contributed by atoms with Crippen molar-refractivity contribution >= 4 is 34.8 Å². The van der Waals surface area contributed by atoms with Crippen LogP contribution in [0.4, 0.5) is 15.8 Å². The van der Waals surface area contributed by atoms with E-state index in [1.54, 1.807) is 24.3 Å². The van der Waals surface area contributed by atoms with Crippen molar-refractivity contribution in [2.45, 2.75) is 6.42 Å². The van der Waals surface area contributed by atoms with E-state index in [1.807, 2.05) is 30.3 Å². The highest BCUT2D eigenvalue weighted by Crippen LogP contribution is 2.20. The van der Waals surface area contributed by atoms with Gasteiger partial charge in [0, 0.05) is 16.9 Å². The Labute approximate surface area is 161 Å². The van der Waals surface area contributed by atoms with E-state index >= 15 is 0 Å². The van der Waals surface area contributed by atoms with E-state index in [2.05, 4.69) is 10.6 Å². The van der Waals surface area contributed by atoms with Crippen molar-refractivity contribution in [1.82, 2.24) is 0 Å². The number of anilines is 2. The van der Waals surface area contributed by atoms with Crippen LogP contribution >= 0.6 is 11.6 Å². The van der Waals surface area contributed by atoms with Crippen LogP contribution in [0.15, 0.2) is 72.8 Å². The first kappa shape index (κ1) is 18.6. The molecule has 0 aliphatic carbocycles. The van der Waals surface area contributed by atoms with Crippen molar-refractivity contribution in [3.63, 3.8) is 0 Å². The summed E-state index contributed by atoms with van der Waals surface area (Å²) in [6.07, 6.45) is 0.241. The van der Waals surface area contributed by atoms with E-state index in [9.17, 15) is 14.0 Å². The van der Waals surface area contributed by atoms with Crippen molar-refractivity contribution in [3.8, 4) is 0 Å². The Morgan fingerprint density at radius 2 is 1.59 bits per heavy atom. The van der Waals surface area contributed by atoms with Gasteiger partial charge in [-0.25, -0.2) is 4.39 Å².